The van der Waals surface area contributed by atoms with Gasteiger partial charge in [-0.2, -0.15) is 0 Å². The van der Waals surface area contributed by atoms with E-state index in [0.717, 1.165) is 18.8 Å². The van der Waals surface area contributed by atoms with Crippen molar-refractivity contribution in [3.05, 3.63) is 24.5 Å². The minimum absolute atomic E-state index is 0.886. The van der Waals surface area contributed by atoms with Gasteiger partial charge < -0.3 is 4.84 Å². The lowest BCUT2D eigenvalue weighted by molar-refractivity contribution is -0.0720. The van der Waals surface area contributed by atoms with Crippen LogP contribution in [0.25, 0.3) is 0 Å². The molecule has 1 fully saturated rings. The summed E-state index contributed by atoms with van der Waals surface area (Å²) in [6.45, 7) is 2.09. The molecule has 0 spiro atoms. The van der Waals surface area contributed by atoms with Crippen LogP contribution >= 0.6 is 0 Å². The molecular formula is C10H14N2O. The zero-order valence-corrected chi connectivity index (χ0v) is 7.65. The molecule has 2 heterocycles. The highest BCUT2D eigenvalue weighted by Crippen LogP contribution is 2.13. The Hall–Kier alpha value is -1.09. The van der Waals surface area contributed by atoms with Gasteiger partial charge in [-0.15, -0.1) is 5.06 Å². The third-order valence-electron chi connectivity index (χ3n) is 2.20. The molecule has 0 saturated carbocycles. The van der Waals surface area contributed by atoms with Gasteiger partial charge in [-0.1, -0.05) is 6.42 Å². The minimum Gasteiger partial charge on any atom is -0.406 e. The van der Waals surface area contributed by atoms with Crippen molar-refractivity contribution in [1.82, 2.24) is 10.0 Å². The Balaban J connectivity index is 1.90. The van der Waals surface area contributed by atoms with Crippen LogP contribution in [0.4, 0.5) is 0 Å². The van der Waals surface area contributed by atoms with Crippen molar-refractivity contribution in [1.29, 1.82) is 0 Å². The van der Waals surface area contributed by atoms with Crippen molar-refractivity contribution in [3.8, 4) is 5.75 Å². The molecule has 1 aromatic rings. The number of pyridine rings is 1. The van der Waals surface area contributed by atoms with Gasteiger partial charge in [-0.3, -0.25) is 4.98 Å². The third kappa shape index (κ3) is 2.42. The van der Waals surface area contributed by atoms with E-state index in [4.69, 9.17) is 4.84 Å². The highest BCUT2D eigenvalue weighted by atomic mass is 16.7. The summed E-state index contributed by atoms with van der Waals surface area (Å²) in [5.74, 6) is 0.886. The summed E-state index contributed by atoms with van der Waals surface area (Å²) in [6, 6.07) is 3.77. The lowest BCUT2D eigenvalue weighted by atomic mass is 10.2. The van der Waals surface area contributed by atoms with Crippen molar-refractivity contribution >= 4 is 0 Å². The van der Waals surface area contributed by atoms with Gasteiger partial charge in [-0.05, 0) is 12.8 Å². The molecule has 1 aromatic heterocycles. The second kappa shape index (κ2) is 4.23. The standard InChI is InChI=1S/C10H14N2O/c1-2-8-12(9-3-1)13-10-4-6-11-7-5-10/h4-7H,1-3,8-9H2. The van der Waals surface area contributed by atoms with Crippen LogP contribution in [0.2, 0.25) is 0 Å². The van der Waals surface area contributed by atoms with Gasteiger partial charge in [0.1, 0.15) is 0 Å². The fraction of sp³-hybridized carbons (Fsp3) is 0.500. The number of nitrogens with zero attached hydrogens (tertiary/aromatic N) is 2. The van der Waals surface area contributed by atoms with Gasteiger partial charge in [0.25, 0.3) is 0 Å². The smallest absolute Gasteiger partial charge is 0.150 e. The van der Waals surface area contributed by atoms with Crippen LogP contribution in [0.15, 0.2) is 24.5 Å². The average Bonchev–Trinajstić information content (AvgIpc) is 2.21. The van der Waals surface area contributed by atoms with E-state index in [1.54, 1.807) is 12.4 Å². The Labute approximate surface area is 78.3 Å². The molecule has 70 valence electrons. The van der Waals surface area contributed by atoms with Crippen LogP contribution in [-0.4, -0.2) is 23.1 Å². The normalized spacial score (nSPS) is 18.5. The predicted octanol–water partition coefficient (Wildman–Crippen LogP) is 1.86. The molecule has 0 aromatic carbocycles. The highest BCUT2D eigenvalue weighted by Gasteiger charge is 2.10. The first-order valence-corrected chi connectivity index (χ1v) is 4.78. The molecule has 0 aliphatic carbocycles. The van der Waals surface area contributed by atoms with Crippen LogP contribution in [-0.2, 0) is 0 Å². The average molecular weight is 178 g/mol. The Kier molecular flexibility index (Phi) is 2.77. The molecule has 0 bridgehead atoms. The molecule has 1 saturated heterocycles. The summed E-state index contributed by atoms with van der Waals surface area (Å²) in [7, 11) is 0. The fourth-order valence-corrected chi connectivity index (χ4v) is 1.50. The molecule has 2 rings (SSSR count). The molecule has 0 radical (unpaired) electrons. The topological polar surface area (TPSA) is 25.4 Å². The lowest BCUT2D eigenvalue weighted by Crippen LogP contribution is -2.32. The summed E-state index contributed by atoms with van der Waals surface area (Å²) in [6.07, 6.45) is 7.31. The largest absolute Gasteiger partial charge is 0.406 e. The summed E-state index contributed by atoms with van der Waals surface area (Å²) in [4.78, 5) is 9.59. The Morgan fingerprint density at radius 2 is 1.77 bits per heavy atom. The second-order valence-electron chi connectivity index (χ2n) is 3.26. The van der Waals surface area contributed by atoms with Gasteiger partial charge in [0, 0.05) is 37.6 Å². The quantitative estimate of drug-likeness (QED) is 0.691. The number of hydrogen-bond acceptors (Lipinski definition) is 3. The van der Waals surface area contributed by atoms with Crippen molar-refractivity contribution in [2.24, 2.45) is 0 Å². The lowest BCUT2D eigenvalue weighted by Gasteiger charge is -2.25. The fourth-order valence-electron chi connectivity index (χ4n) is 1.50. The van der Waals surface area contributed by atoms with Crippen LogP contribution in [0, 0.1) is 0 Å². The Bertz CT molecular complexity index is 244. The van der Waals surface area contributed by atoms with E-state index in [0.29, 0.717) is 0 Å². The zero-order chi connectivity index (χ0) is 8.93. The first-order valence-electron chi connectivity index (χ1n) is 4.78. The van der Waals surface area contributed by atoms with E-state index >= 15 is 0 Å². The molecule has 0 N–H and O–H groups in total. The summed E-state index contributed by atoms with van der Waals surface area (Å²) in [5, 5.41) is 2.03. The first kappa shape index (κ1) is 8.51. The molecule has 0 atom stereocenters. The van der Waals surface area contributed by atoms with Crippen LogP contribution in [0.3, 0.4) is 0 Å². The maximum atomic E-state index is 5.65. The number of rotatable bonds is 2. The van der Waals surface area contributed by atoms with Crippen molar-refractivity contribution in [2.45, 2.75) is 19.3 Å². The van der Waals surface area contributed by atoms with Crippen molar-refractivity contribution in [2.75, 3.05) is 13.1 Å². The first-order chi connectivity index (χ1) is 6.45. The predicted molar refractivity (Wildman–Crippen MR) is 50.3 cm³/mol. The molecule has 13 heavy (non-hydrogen) atoms. The van der Waals surface area contributed by atoms with Crippen LogP contribution in [0.1, 0.15) is 19.3 Å². The van der Waals surface area contributed by atoms with Crippen LogP contribution < -0.4 is 4.84 Å². The SMILES string of the molecule is c1cc(ON2CCCCC2)ccn1. The van der Waals surface area contributed by atoms with Crippen molar-refractivity contribution < 1.29 is 4.84 Å². The molecule has 0 amide bonds. The molecule has 3 nitrogen and oxygen atoms in total. The van der Waals surface area contributed by atoms with E-state index in [-0.39, 0.29) is 0 Å². The summed E-state index contributed by atoms with van der Waals surface area (Å²) < 4.78 is 0. The van der Waals surface area contributed by atoms with Crippen LogP contribution in [0.5, 0.6) is 5.75 Å². The minimum atomic E-state index is 0.886. The van der Waals surface area contributed by atoms with Gasteiger partial charge >= 0.3 is 0 Å². The van der Waals surface area contributed by atoms with E-state index in [1.807, 2.05) is 17.2 Å². The van der Waals surface area contributed by atoms with Crippen molar-refractivity contribution in [3.63, 3.8) is 0 Å². The maximum absolute atomic E-state index is 5.65. The Morgan fingerprint density at radius 3 is 2.46 bits per heavy atom. The van der Waals surface area contributed by atoms with Gasteiger partial charge in [0.2, 0.25) is 0 Å². The molecule has 0 unspecified atom stereocenters. The number of piperidine rings is 1. The van der Waals surface area contributed by atoms with Gasteiger partial charge in [0.05, 0.1) is 0 Å². The van der Waals surface area contributed by atoms with E-state index < -0.39 is 0 Å². The molecule has 3 heteroatoms. The second-order valence-corrected chi connectivity index (χ2v) is 3.26. The zero-order valence-electron chi connectivity index (χ0n) is 7.65. The highest BCUT2D eigenvalue weighted by molar-refractivity contribution is 5.16. The molecular weight excluding hydrogens is 164 g/mol. The Morgan fingerprint density at radius 1 is 1.08 bits per heavy atom. The number of aromatic nitrogens is 1. The number of hydroxylamine groups is 2. The third-order valence-corrected chi connectivity index (χ3v) is 2.20. The number of hydrogen-bond donors (Lipinski definition) is 0. The maximum Gasteiger partial charge on any atom is 0.150 e. The monoisotopic (exact) mass is 178 g/mol. The van der Waals surface area contributed by atoms with Gasteiger partial charge in [0.15, 0.2) is 5.75 Å². The molecule has 1 aliphatic heterocycles. The summed E-state index contributed by atoms with van der Waals surface area (Å²) >= 11 is 0. The van der Waals surface area contributed by atoms with E-state index in [9.17, 15) is 0 Å². The van der Waals surface area contributed by atoms with Gasteiger partial charge in [-0.25, -0.2) is 0 Å². The molecule has 1 aliphatic rings. The van der Waals surface area contributed by atoms with E-state index in [1.165, 1.54) is 19.3 Å². The van der Waals surface area contributed by atoms with E-state index in [2.05, 4.69) is 4.98 Å². The summed E-state index contributed by atoms with van der Waals surface area (Å²) in [5.41, 5.74) is 0.